The van der Waals surface area contributed by atoms with Crippen LogP contribution < -0.4 is 0 Å². The highest BCUT2D eigenvalue weighted by Crippen LogP contribution is 2.27. The van der Waals surface area contributed by atoms with Crippen molar-refractivity contribution < 1.29 is 0 Å². The van der Waals surface area contributed by atoms with Crippen molar-refractivity contribution in [2.45, 2.75) is 33.6 Å². The zero-order chi connectivity index (χ0) is 8.32. The summed E-state index contributed by atoms with van der Waals surface area (Å²) in [4.78, 5) is 2.20. The first-order valence-electron chi connectivity index (χ1n) is 4.37. The lowest BCUT2D eigenvalue weighted by molar-refractivity contribution is 0.0880. The average Bonchev–Trinajstić information content (AvgIpc) is 1.84. The van der Waals surface area contributed by atoms with Crippen LogP contribution in [-0.2, 0) is 0 Å². The van der Waals surface area contributed by atoms with Crippen LogP contribution in [0.15, 0.2) is 0 Å². The third kappa shape index (κ3) is 2.46. The predicted octanol–water partition coefficient (Wildman–Crippen LogP) is 2.09. The number of nitrogens with zero attached hydrogens (tertiary/aromatic N) is 1. The summed E-state index contributed by atoms with van der Waals surface area (Å²) in [7, 11) is 0. The maximum absolute atomic E-state index is 3.16. The summed E-state index contributed by atoms with van der Waals surface area (Å²) in [5.41, 5.74) is 0.515. The number of likely N-dealkylation sites (tertiary alicyclic amines) is 1. The monoisotopic (exact) mass is 151 g/mol. The fourth-order valence-corrected chi connectivity index (χ4v) is 1.36. The highest BCUT2D eigenvalue weighted by atomic mass is 15.2. The first kappa shape index (κ1) is 8.46. The fraction of sp³-hybridized carbons (Fsp3) is 0.800. The lowest BCUT2D eigenvalue weighted by Gasteiger charge is -2.43. The van der Waals surface area contributed by atoms with Gasteiger partial charge in [0, 0.05) is 31.0 Å². The molecule has 62 valence electrons. The Kier molecular flexibility index (Phi) is 2.44. The SMILES string of the molecule is CCCC#CN1CC(C)(C)C1. The zero-order valence-corrected chi connectivity index (χ0v) is 7.78. The van der Waals surface area contributed by atoms with E-state index in [2.05, 4.69) is 37.6 Å². The van der Waals surface area contributed by atoms with Gasteiger partial charge >= 0.3 is 0 Å². The molecule has 1 fully saturated rings. The standard InChI is InChI=1S/C10H17N/c1-4-5-6-7-11-8-10(2,3)9-11/h4-5,8-9H2,1-3H3. The first-order chi connectivity index (χ1) is 5.14. The van der Waals surface area contributed by atoms with E-state index in [1.165, 1.54) is 6.42 Å². The van der Waals surface area contributed by atoms with Crippen LogP contribution >= 0.6 is 0 Å². The van der Waals surface area contributed by atoms with Gasteiger partial charge in [-0.25, -0.2) is 0 Å². The minimum atomic E-state index is 0.515. The van der Waals surface area contributed by atoms with Crippen LogP contribution in [-0.4, -0.2) is 18.0 Å². The minimum absolute atomic E-state index is 0.515. The van der Waals surface area contributed by atoms with E-state index in [1.807, 2.05) is 0 Å². The number of unbranched alkanes of at least 4 members (excludes halogenated alkanes) is 1. The Bertz CT molecular complexity index is 175. The summed E-state index contributed by atoms with van der Waals surface area (Å²) in [6, 6.07) is 3.16. The maximum Gasteiger partial charge on any atom is 0.0329 e. The summed E-state index contributed by atoms with van der Waals surface area (Å²) in [6.07, 6.45) is 2.21. The highest BCUT2D eigenvalue weighted by molar-refractivity contribution is 5.05. The van der Waals surface area contributed by atoms with E-state index in [0.717, 1.165) is 19.5 Å². The van der Waals surface area contributed by atoms with Gasteiger partial charge in [0.1, 0.15) is 0 Å². The molecule has 0 N–H and O–H groups in total. The van der Waals surface area contributed by atoms with E-state index in [0.29, 0.717) is 5.41 Å². The quantitative estimate of drug-likeness (QED) is 0.519. The summed E-state index contributed by atoms with van der Waals surface area (Å²) in [6.45, 7) is 9.01. The van der Waals surface area contributed by atoms with E-state index < -0.39 is 0 Å². The molecule has 0 atom stereocenters. The summed E-state index contributed by atoms with van der Waals surface area (Å²) >= 11 is 0. The topological polar surface area (TPSA) is 3.24 Å². The third-order valence-corrected chi connectivity index (χ3v) is 1.85. The molecule has 1 nitrogen and oxygen atoms in total. The Hall–Kier alpha value is -0.640. The van der Waals surface area contributed by atoms with Crippen LogP contribution in [0.4, 0.5) is 0 Å². The number of rotatable bonds is 1. The van der Waals surface area contributed by atoms with Gasteiger partial charge in [-0.15, -0.1) is 0 Å². The van der Waals surface area contributed by atoms with E-state index in [4.69, 9.17) is 0 Å². The molecular formula is C10H17N. The van der Waals surface area contributed by atoms with Gasteiger partial charge in [-0.05, 0) is 6.42 Å². The molecule has 0 aromatic carbocycles. The molecule has 0 unspecified atom stereocenters. The first-order valence-corrected chi connectivity index (χ1v) is 4.37. The largest absolute Gasteiger partial charge is 0.331 e. The summed E-state index contributed by atoms with van der Waals surface area (Å²) in [5.74, 6) is 3.15. The second kappa shape index (κ2) is 3.17. The van der Waals surface area contributed by atoms with Gasteiger partial charge in [-0.3, -0.25) is 0 Å². The van der Waals surface area contributed by atoms with Crippen molar-refractivity contribution >= 4 is 0 Å². The van der Waals surface area contributed by atoms with Crippen LogP contribution in [0.1, 0.15) is 33.6 Å². The molecule has 1 heteroatoms. The van der Waals surface area contributed by atoms with Crippen molar-refractivity contribution in [3.63, 3.8) is 0 Å². The summed E-state index contributed by atoms with van der Waals surface area (Å²) in [5, 5.41) is 0. The smallest absolute Gasteiger partial charge is 0.0329 e. The minimum Gasteiger partial charge on any atom is -0.331 e. The van der Waals surface area contributed by atoms with E-state index in [1.54, 1.807) is 0 Å². The van der Waals surface area contributed by atoms with Gasteiger partial charge in [0.25, 0.3) is 0 Å². The van der Waals surface area contributed by atoms with Crippen molar-refractivity contribution in [1.82, 2.24) is 4.90 Å². The van der Waals surface area contributed by atoms with Crippen molar-refractivity contribution in [2.75, 3.05) is 13.1 Å². The van der Waals surface area contributed by atoms with Crippen LogP contribution in [0, 0.1) is 17.4 Å². The summed E-state index contributed by atoms with van der Waals surface area (Å²) < 4.78 is 0. The predicted molar refractivity (Wildman–Crippen MR) is 48.0 cm³/mol. The van der Waals surface area contributed by atoms with Crippen molar-refractivity contribution in [3.05, 3.63) is 0 Å². The second-order valence-electron chi connectivity index (χ2n) is 4.06. The lowest BCUT2D eigenvalue weighted by Crippen LogP contribution is -2.50. The third-order valence-electron chi connectivity index (χ3n) is 1.85. The van der Waals surface area contributed by atoms with E-state index >= 15 is 0 Å². The van der Waals surface area contributed by atoms with Crippen LogP contribution in [0.2, 0.25) is 0 Å². The normalized spacial score (nSPS) is 20.1. The van der Waals surface area contributed by atoms with Gasteiger partial charge in [0.2, 0.25) is 0 Å². The molecule has 1 rings (SSSR count). The number of hydrogen-bond acceptors (Lipinski definition) is 1. The molecule has 11 heavy (non-hydrogen) atoms. The van der Waals surface area contributed by atoms with E-state index in [-0.39, 0.29) is 0 Å². The Morgan fingerprint density at radius 3 is 2.45 bits per heavy atom. The molecule has 0 amide bonds. The molecule has 1 heterocycles. The molecule has 1 aliphatic heterocycles. The molecule has 1 saturated heterocycles. The average molecular weight is 151 g/mol. The molecule has 0 aliphatic carbocycles. The maximum atomic E-state index is 3.16. The van der Waals surface area contributed by atoms with E-state index in [9.17, 15) is 0 Å². The molecule has 0 bridgehead atoms. The van der Waals surface area contributed by atoms with Crippen LogP contribution in [0.25, 0.3) is 0 Å². The lowest BCUT2D eigenvalue weighted by atomic mass is 9.85. The Morgan fingerprint density at radius 1 is 1.36 bits per heavy atom. The molecule has 0 radical (unpaired) electrons. The molecule has 0 spiro atoms. The molecule has 0 aromatic rings. The molecule has 0 aromatic heterocycles. The Labute approximate surface area is 69.8 Å². The van der Waals surface area contributed by atoms with Crippen LogP contribution in [0.3, 0.4) is 0 Å². The van der Waals surface area contributed by atoms with Crippen molar-refractivity contribution in [3.8, 4) is 12.0 Å². The molecule has 1 aliphatic rings. The van der Waals surface area contributed by atoms with Gasteiger partial charge in [0.15, 0.2) is 0 Å². The Balaban J connectivity index is 2.19. The molecule has 0 saturated carbocycles. The van der Waals surface area contributed by atoms with Gasteiger partial charge in [-0.2, -0.15) is 0 Å². The molecular weight excluding hydrogens is 134 g/mol. The Morgan fingerprint density at radius 2 is 2.00 bits per heavy atom. The van der Waals surface area contributed by atoms with Crippen molar-refractivity contribution in [2.24, 2.45) is 5.41 Å². The van der Waals surface area contributed by atoms with Gasteiger partial charge < -0.3 is 4.90 Å². The fourth-order valence-electron chi connectivity index (χ4n) is 1.36. The highest BCUT2D eigenvalue weighted by Gasteiger charge is 2.32. The van der Waals surface area contributed by atoms with Gasteiger partial charge in [-0.1, -0.05) is 26.7 Å². The van der Waals surface area contributed by atoms with Crippen LogP contribution in [0.5, 0.6) is 0 Å². The zero-order valence-electron chi connectivity index (χ0n) is 7.78. The van der Waals surface area contributed by atoms with Gasteiger partial charge in [0.05, 0.1) is 0 Å². The second-order valence-corrected chi connectivity index (χ2v) is 4.06. The van der Waals surface area contributed by atoms with Crippen molar-refractivity contribution in [1.29, 1.82) is 0 Å². The number of hydrogen-bond donors (Lipinski definition) is 0.